The molecule has 0 saturated heterocycles. The first-order valence-corrected chi connectivity index (χ1v) is 6.50. The van der Waals surface area contributed by atoms with Crippen LogP contribution in [0.5, 0.6) is 11.5 Å². The Morgan fingerprint density at radius 1 is 0.895 bits per heavy atom. The van der Waals surface area contributed by atoms with Crippen molar-refractivity contribution in [1.82, 2.24) is 0 Å². The second kappa shape index (κ2) is 7.99. The van der Waals surface area contributed by atoms with Crippen LogP contribution in [0.15, 0.2) is 18.2 Å². The number of rotatable bonds is 8. The lowest BCUT2D eigenvalue weighted by Crippen LogP contribution is -2.28. The van der Waals surface area contributed by atoms with Gasteiger partial charge in [-0.2, -0.15) is 0 Å². The fourth-order valence-corrected chi connectivity index (χ4v) is 1.78. The molecule has 0 spiro atoms. The normalized spacial score (nSPS) is 12.8. The molecule has 5 nitrogen and oxygen atoms in total. The van der Waals surface area contributed by atoms with Crippen LogP contribution in [-0.4, -0.2) is 36.3 Å². The van der Waals surface area contributed by atoms with Crippen molar-refractivity contribution in [2.24, 2.45) is 0 Å². The van der Waals surface area contributed by atoms with Gasteiger partial charge in [-0.1, -0.05) is 6.07 Å². The Kier molecular flexibility index (Phi) is 6.62. The van der Waals surface area contributed by atoms with Crippen molar-refractivity contribution in [2.45, 2.75) is 33.2 Å². The van der Waals surface area contributed by atoms with Crippen LogP contribution in [0.25, 0.3) is 0 Å². The molecule has 0 fully saturated rings. The van der Waals surface area contributed by atoms with E-state index in [0.717, 1.165) is 0 Å². The van der Waals surface area contributed by atoms with Gasteiger partial charge in [0.25, 0.3) is 0 Å². The predicted octanol–water partition coefficient (Wildman–Crippen LogP) is 2.57. The molecule has 1 aromatic carbocycles. The highest BCUT2D eigenvalue weighted by Crippen LogP contribution is 2.31. The van der Waals surface area contributed by atoms with E-state index in [2.05, 4.69) is 0 Å². The number of benzene rings is 1. The summed E-state index contributed by atoms with van der Waals surface area (Å²) >= 11 is 0. The quantitative estimate of drug-likeness (QED) is 0.561. The van der Waals surface area contributed by atoms with Gasteiger partial charge in [0.1, 0.15) is 6.10 Å². The second-order valence-corrected chi connectivity index (χ2v) is 3.90. The fraction of sp³-hybridized carbons (Fsp3) is 0.571. The van der Waals surface area contributed by atoms with Crippen molar-refractivity contribution in [3.8, 4) is 11.5 Å². The lowest BCUT2D eigenvalue weighted by atomic mass is 10.1. The molecule has 0 aromatic heterocycles. The van der Waals surface area contributed by atoms with Gasteiger partial charge in [-0.15, -0.1) is 0 Å². The standard InChI is InChI=1S/C14H22O5/c1-4-17-13(14(18-5-2)19-6-3)10-7-8-11(15)12(16)9-10/h7-9,13-16H,4-6H2,1-3H3. The average molecular weight is 270 g/mol. The number of ether oxygens (including phenoxy) is 3. The Morgan fingerprint density at radius 2 is 1.47 bits per heavy atom. The third-order valence-corrected chi connectivity index (χ3v) is 2.58. The van der Waals surface area contributed by atoms with Gasteiger partial charge in [-0.3, -0.25) is 0 Å². The van der Waals surface area contributed by atoms with Gasteiger partial charge in [0, 0.05) is 19.8 Å². The van der Waals surface area contributed by atoms with Crippen molar-refractivity contribution >= 4 is 0 Å². The molecule has 0 aliphatic rings. The van der Waals surface area contributed by atoms with E-state index < -0.39 is 12.4 Å². The smallest absolute Gasteiger partial charge is 0.187 e. The zero-order valence-corrected chi connectivity index (χ0v) is 11.6. The fourth-order valence-electron chi connectivity index (χ4n) is 1.78. The molecule has 0 aliphatic heterocycles. The monoisotopic (exact) mass is 270 g/mol. The highest BCUT2D eigenvalue weighted by molar-refractivity contribution is 5.41. The van der Waals surface area contributed by atoms with Crippen LogP contribution in [0, 0.1) is 0 Å². The third-order valence-electron chi connectivity index (χ3n) is 2.58. The summed E-state index contributed by atoms with van der Waals surface area (Å²) in [4.78, 5) is 0. The SMILES string of the molecule is CCOC(OCC)C(OCC)c1ccc(O)c(O)c1. The maximum Gasteiger partial charge on any atom is 0.187 e. The maximum atomic E-state index is 9.57. The largest absolute Gasteiger partial charge is 0.504 e. The average Bonchev–Trinajstić information content (AvgIpc) is 2.39. The molecule has 0 bridgehead atoms. The van der Waals surface area contributed by atoms with Gasteiger partial charge in [-0.05, 0) is 38.5 Å². The second-order valence-electron chi connectivity index (χ2n) is 3.90. The van der Waals surface area contributed by atoms with E-state index in [1.165, 1.54) is 12.1 Å². The first kappa shape index (κ1) is 15.8. The van der Waals surface area contributed by atoms with Crippen molar-refractivity contribution in [3.63, 3.8) is 0 Å². The van der Waals surface area contributed by atoms with Crippen LogP contribution in [0.3, 0.4) is 0 Å². The molecule has 1 aromatic rings. The van der Waals surface area contributed by atoms with E-state index in [1.54, 1.807) is 6.07 Å². The van der Waals surface area contributed by atoms with Gasteiger partial charge >= 0.3 is 0 Å². The summed E-state index contributed by atoms with van der Waals surface area (Å²) in [7, 11) is 0. The Morgan fingerprint density at radius 3 is 1.95 bits per heavy atom. The minimum Gasteiger partial charge on any atom is -0.504 e. The van der Waals surface area contributed by atoms with E-state index in [1.807, 2.05) is 20.8 Å². The summed E-state index contributed by atoms with van der Waals surface area (Å²) in [6, 6.07) is 4.56. The molecule has 19 heavy (non-hydrogen) atoms. The molecule has 108 valence electrons. The first-order chi connectivity index (χ1) is 9.13. The molecule has 0 heterocycles. The Bertz CT molecular complexity index is 374. The number of hydrogen-bond acceptors (Lipinski definition) is 5. The lowest BCUT2D eigenvalue weighted by molar-refractivity contribution is -0.204. The summed E-state index contributed by atoms with van der Waals surface area (Å²) in [5.41, 5.74) is 0.698. The molecule has 1 rings (SSSR count). The van der Waals surface area contributed by atoms with Crippen LogP contribution in [0.2, 0.25) is 0 Å². The molecule has 0 saturated carbocycles. The lowest BCUT2D eigenvalue weighted by Gasteiger charge is -2.27. The Labute approximate surface area is 113 Å². The van der Waals surface area contributed by atoms with Crippen LogP contribution < -0.4 is 0 Å². The summed E-state index contributed by atoms with van der Waals surface area (Å²) in [6.07, 6.45) is -0.990. The molecule has 5 heteroatoms. The summed E-state index contributed by atoms with van der Waals surface area (Å²) in [5.74, 6) is -0.350. The van der Waals surface area contributed by atoms with E-state index in [4.69, 9.17) is 14.2 Å². The predicted molar refractivity (Wildman–Crippen MR) is 71.2 cm³/mol. The molecule has 0 aliphatic carbocycles. The molecular weight excluding hydrogens is 248 g/mol. The van der Waals surface area contributed by atoms with Crippen LogP contribution in [0.4, 0.5) is 0 Å². The minimum atomic E-state index is -0.543. The van der Waals surface area contributed by atoms with Crippen molar-refractivity contribution in [2.75, 3.05) is 19.8 Å². The number of aromatic hydroxyl groups is 2. The van der Waals surface area contributed by atoms with Gasteiger partial charge in [0.15, 0.2) is 17.8 Å². The molecule has 0 amide bonds. The highest BCUT2D eigenvalue weighted by atomic mass is 16.7. The van der Waals surface area contributed by atoms with Crippen molar-refractivity contribution in [1.29, 1.82) is 0 Å². The van der Waals surface area contributed by atoms with Gasteiger partial charge in [0.05, 0.1) is 0 Å². The van der Waals surface area contributed by atoms with E-state index in [9.17, 15) is 10.2 Å². The maximum absolute atomic E-state index is 9.57. The van der Waals surface area contributed by atoms with E-state index in [0.29, 0.717) is 25.4 Å². The van der Waals surface area contributed by atoms with Crippen molar-refractivity contribution < 1.29 is 24.4 Å². The van der Waals surface area contributed by atoms with Crippen LogP contribution in [-0.2, 0) is 14.2 Å². The zero-order chi connectivity index (χ0) is 14.3. The topological polar surface area (TPSA) is 68.2 Å². The van der Waals surface area contributed by atoms with Crippen LogP contribution >= 0.6 is 0 Å². The Balaban J connectivity index is 2.98. The highest BCUT2D eigenvalue weighted by Gasteiger charge is 2.25. The van der Waals surface area contributed by atoms with E-state index >= 15 is 0 Å². The van der Waals surface area contributed by atoms with E-state index in [-0.39, 0.29) is 11.5 Å². The third kappa shape index (κ3) is 4.38. The zero-order valence-electron chi connectivity index (χ0n) is 11.6. The van der Waals surface area contributed by atoms with Crippen molar-refractivity contribution in [3.05, 3.63) is 23.8 Å². The minimum absolute atomic E-state index is 0.164. The van der Waals surface area contributed by atoms with Gasteiger partial charge in [-0.25, -0.2) is 0 Å². The number of hydrogen-bond donors (Lipinski definition) is 2. The first-order valence-electron chi connectivity index (χ1n) is 6.50. The molecule has 0 radical (unpaired) electrons. The number of phenols is 2. The van der Waals surface area contributed by atoms with Crippen LogP contribution in [0.1, 0.15) is 32.4 Å². The molecular formula is C14H22O5. The Hall–Kier alpha value is -1.30. The summed E-state index contributed by atoms with van der Waals surface area (Å²) in [5, 5.41) is 18.9. The molecule has 2 N–H and O–H groups in total. The summed E-state index contributed by atoms with van der Waals surface area (Å²) < 4.78 is 16.7. The van der Waals surface area contributed by atoms with Gasteiger partial charge in [0.2, 0.25) is 0 Å². The molecule has 1 atom stereocenters. The summed E-state index contributed by atoms with van der Waals surface area (Å²) in [6.45, 7) is 7.12. The molecule has 1 unspecified atom stereocenters. The van der Waals surface area contributed by atoms with Gasteiger partial charge < -0.3 is 24.4 Å². The number of phenolic OH excluding ortho intramolecular Hbond substituents is 2.